The molecule has 1 unspecified atom stereocenters. The average Bonchev–Trinajstić information content (AvgIpc) is 3.55. The Morgan fingerprint density at radius 2 is 1.87 bits per heavy atom. The lowest BCUT2D eigenvalue weighted by Gasteiger charge is -2.37. The van der Waals surface area contributed by atoms with E-state index in [2.05, 4.69) is 43.6 Å². The molecule has 0 aliphatic carbocycles. The number of hydrogen-bond donors (Lipinski definition) is 4. The molecular weight excluding hydrogens is 685 g/mol. The molecule has 4 N–H and O–H groups in total. The van der Waals surface area contributed by atoms with E-state index in [4.69, 9.17) is 4.74 Å². The number of ether oxygens (including phenoxy) is 1. The second kappa shape index (κ2) is 16.0. The lowest BCUT2D eigenvalue weighted by molar-refractivity contribution is -0.150. The first-order chi connectivity index (χ1) is 25.2. The van der Waals surface area contributed by atoms with Gasteiger partial charge in [0.15, 0.2) is 13.9 Å². The largest absolute Gasteiger partial charge is 0.432 e. The van der Waals surface area contributed by atoms with Crippen molar-refractivity contribution in [1.29, 1.82) is 0 Å². The van der Waals surface area contributed by atoms with Crippen LogP contribution in [0.15, 0.2) is 65.8 Å². The van der Waals surface area contributed by atoms with E-state index in [0.29, 0.717) is 43.0 Å². The number of allylic oxidation sites excluding steroid dienone is 3. The molecule has 0 aromatic heterocycles. The molecule has 0 bridgehead atoms. The Morgan fingerprint density at radius 3 is 2.55 bits per heavy atom. The first-order valence-corrected chi connectivity index (χ1v) is 22.4. The van der Waals surface area contributed by atoms with Crippen LogP contribution in [0.5, 0.6) is 0 Å². The van der Waals surface area contributed by atoms with Crippen LogP contribution in [-0.4, -0.2) is 79.2 Å². The zero-order valence-electron chi connectivity index (χ0n) is 32.3. The third kappa shape index (κ3) is 7.96. The molecule has 4 aliphatic heterocycles. The van der Waals surface area contributed by atoms with Gasteiger partial charge in [-0.3, -0.25) is 14.4 Å². The predicted molar refractivity (Wildman–Crippen MR) is 211 cm³/mol. The Labute approximate surface area is 315 Å². The molecule has 4 aliphatic rings. The van der Waals surface area contributed by atoms with Crippen molar-refractivity contribution in [2.75, 3.05) is 36.5 Å². The Hall–Kier alpha value is -3.61. The van der Waals surface area contributed by atoms with Gasteiger partial charge in [0.25, 0.3) is 5.91 Å². The molecule has 0 radical (unpaired) electrons. The number of rotatable bonds is 11. The van der Waals surface area contributed by atoms with E-state index in [1.807, 2.05) is 62.5 Å². The zero-order valence-corrected chi connectivity index (χ0v) is 33.3. The molecule has 53 heavy (non-hydrogen) atoms. The molecule has 286 valence electrons. The third-order valence-electron chi connectivity index (χ3n) is 11.9. The maximum absolute atomic E-state index is 15.0. The highest BCUT2D eigenvalue weighted by Crippen LogP contribution is 2.60. The number of nitrogens with zero attached hydrogens (tertiary/aromatic N) is 2. The number of carbonyl (C=O) groups excluding carboxylic acids is 3. The maximum atomic E-state index is 15.0. The number of aliphatic hydroxyl groups is 1. The number of nitrogens with one attached hydrogen (secondary N) is 2. The molecule has 11 heteroatoms. The summed E-state index contributed by atoms with van der Waals surface area (Å²) in [7, 11) is -3.05. The van der Waals surface area contributed by atoms with Crippen molar-refractivity contribution in [3.63, 3.8) is 0 Å². The zero-order chi connectivity index (χ0) is 38.1. The highest BCUT2D eigenvalue weighted by molar-refractivity contribution is 6.71. The minimum atomic E-state index is -3.05. The van der Waals surface area contributed by atoms with Crippen molar-refractivity contribution in [3.8, 4) is 0 Å². The van der Waals surface area contributed by atoms with Gasteiger partial charge in [0.1, 0.15) is 0 Å². The van der Waals surface area contributed by atoms with Gasteiger partial charge in [-0.15, -0.1) is 0 Å². The molecule has 2 fully saturated rings. The smallest absolute Gasteiger partial charge is 0.264 e. The fourth-order valence-corrected chi connectivity index (χ4v) is 11.7. The van der Waals surface area contributed by atoms with Crippen LogP contribution in [0.1, 0.15) is 76.5 Å². The second-order valence-electron chi connectivity index (χ2n) is 16.4. The van der Waals surface area contributed by atoms with Crippen LogP contribution >= 0.6 is 0 Å². The minimum Gasteiger partial charge on any atom is -0.432 e. The van der Waals surface area contributed by atoms with E-state index in [1.165, 1.54) is 11.1 Å². The average molecular weight is 743 g/mol. The van der Waals surface area contributed by atoms with Crippen LogP contribution in [0.2, 0.25) is 18.6 Å². The minimum absolute atomic E-state index is 0.0243. The van der Waals surface area contributed by atoms with E-state index in [1.54, 1.807) is 9.80 Å². The Kier molecular flexibility index (Phi) is 11.8. The molecule has 2 saturated heterocycles. The molecule has 6 rings (SSSR count). The van der Waals surface area contributed by atoms with Gasteiger partial charge in [-0.25, -0.2) is 0 Å². The van der Waals surface area contributed by atoms with Crippen LogP contribution in [0, 0.1) is 11.8 Å². The van der Waals surface area contributed by atoms with Crippen molar-refractivity contribution in [1.82, 2.24) is 10.2 Å². The number of carbonyl (C=O) groups is 3. The summed E-state index contributed by atoms with van der Waals surface area (Å²) in [5.74, 6) is -1.05. The van der Waals surface area contributed by atoms with Crippen LogP contribution in [0.3, 0.4) is 0 Å². The summed E-state index contributed by atoms with van der Waals surface area (Å²) in [6.45, 7) is 14.0. The number of piperidine rings is 1. The molecular formula is C42H58N4O6Si. The monoisotopic (exact) mass is 742 g/mol. The molecule has 3 amide bonds. The van der Waals surface area contributed by atoms with E-state index in [9.17, 15) is 19.5 Å². The van der Waals surface area contributed by atoms with Crippen LogP contribution in [0.25, 0.3) is 0 Å². The molecule has 4 heterocycles. The second-order valence-corrected chi connectivity index (χ2v) is 20.4. The van der Waals surface area contributed by atoms with Crippen LogP contribution in [0.4, 0.5) is 11.4 Å². The van der Waals surface area contributed by atoms with Crippen molar-refractivity contribution >= 4 is 37.4 Å². The van der Waals surface area contributed by atoms with Gasteiger partial charge in [-0.2, -0.15) is 0 Å². The van der Waals surface area contributed by atoms with Gasteiger partial charge in [0.2, 0.25) is 11.8 Å². The van der Waals surface area contributed by atoms with Crippen molar-refractivity contribution in [2.45, 2.75) is 109 Å². The van der Waals surface area contributed by atoms with Gasteiger partial charge >= 0.3 is 0 Å². The summed E-state index contributed by atoms with van der Waals surface area (Å²) in [5, 5.41) is 16.8. The highest BCUT2D eigenvalue weighted by atomic mass is 28.4. The number of hydrogen-bond acceptors (Lipinski definition) is 7. The molecule has 1 spiro atoms. The number of aliphatic hydroxyl groups excluding tert-OH is 1. The van der Waals surface area contributed by atoms with Gasteiger partial charge in [-0.05, 0) is 102 Å². The highest BCUT2D eigenvalue weighted by Gasteiger charge is 2.66. The van der Waals surface area contributed by atoms with E-state index in [-0.39, 0.29) is 42.7 Å². The molecule has 10 nitrogen and oxygen atoms in total. The first-order valence-electron chi connectivity index (χ1n) is 19.4. The Balaban J connectivity index is 1.34. The lowest BCUT2D eigenvalue weighted by Crippen LogP contribution is -2.48. The van der Waals surface area contributed by atoms with Crippen molar-refractivity contribution < 1.29 is 29.0 Å². The first kappa shape index (κ1) is 39.1. The van der Waals surface area contributed by atoms with Gasteiger partial charge in [0, 0.05) is 42.3 Å². The summed E-state index contributed by atoms with van der Waals surface area (Å²) in [6, 6.07) is 13.2. The van der Waals surface area contributed by atoms with E-state index in [0.717, 1.165) is 43.4 Å². The summed E-state index contributed by atoms with van der Waals surface area (Å²) in [6.07, 6.45) is 7.66. The fraction of sp³-hybridized carbons (Fsp3) is 0.548. The maximum Gasteiger partial charge on any atom is 0.264 e. The van der Waals surface area contributed by atoms with E-state index >= 15 is 4.79 Å². The molecule has 2 aromatic carbocycles. The van der Waals surface area contributed by atoms with Crippen molar-refractivity contribution in [2.24, 2.45) is 11.8 Å². The Bertz CT molecular complexity index is 1760. The summed E-state index contributed by atoms with van der Waals surface area (Å²) < 4.78 is 7.03. The predicted octanol–water partition coefficient (Wildman–Crippen LogP) is 5.80. The molecule has 6 atom stereocenters. The topological polar surface area (TPSA) is 131 Å². The SMILES string of the molecule is CC(C)=CCC/C(C)=C/CN1C(=O)[C@]2(O[C@H](CC(=O)N3Cc4ccccc4C[C@H]3CO)[C@@H]([Si](C)(C)O)[C@@H]2C)c2cc(NC(=O)C3CCCNC3)ccc21. The lowest BCUT2D eigenvalue weighted by atomic mass is 9.82. The van der Waals surface area contributed by atoms with Crippen LogP contribution in [-0.2, 0) is 37.7 Å². The Morgan fingerprint density at radius 1 is 1.11 bits per heavy atom. The van der Waals surface area contributed by atoms with Crippen LogP contribution < -0.4 is 15.5 Å². The van der Waals surface area contributed by atoms with Gasteiger partial charge in [0.05, 0.1) is 36.8 Å². The third-order valence-corrected chi connectivity index (χ3v) is 14.4. The standard InChI is InChI=1S/C42H58N4O6Si/c1-27(2)11-9-12-28(3)18-20-45-36-17-16-33(44-40(49)31-15-10-19-43-24-31)22-35(36)42(41(45)50)29(4)39(53(5,6)51)37(52-42)23-38(48)46-25-32-14-8-7-13-30(32)21-34(46)26-47/h7-8,11,13-14,16-18,22,29,31,34,37,39,43,47,51H,9-10,12,15,19-21,23-26H2,1-6H3,(H,44,49)/b28-18+/t29-,31?,34-,37+,39-,42+/m0/s1. The quantitative estimate of drug-likeness (QED) is 0.169. The van der Waals surface area contributed by atoms with Gasteiger partial charge < -0.3 is 35.1 Å². The van der Waals surface area contributed by atoms with Gasteiger partial charge in [-0.1, -0.05) is 54.5 Å². The van der Waals surface area contributed by atoms with Crippen molar-refractivity contribution in [3.05, 3.63) is 82.5 Å². The number of fused-ring (bicyclic) bond motifs is 3. The fourth-order valence-electron chi connectivity index (χ4n) is 9.13. The number of amides is 3. The van der Waals surface area contributed by atoms with E-state index < -0.39 is 31.5 Å². The normalized spacial score (nSPS) is 27.1. The number of benzene rings is 2. The number of anilines is 2. The molecule has 0 saturated carbocycles. The summed E-state index contributed by atoms with van der Waals surface area (Å²) in [4.78, 5) is 58.0. The molecule has 2 aromatic rings. The summed E-state index contributed by atoms with van der Waals surface area (Å²) >= 11 is 0. The summed E-state index contributed by atoms with van der Waals surface area (Å²) in [5.41, 5.74) is 4.68.